The molecule has 0 atom stereocenters. The quantitative estimate of drug-likeness (QED) is 0.757. The minimum Gasteiger partial charge on any atom is -0.339 e. The van der Waals surface area contributed by atoms with Gasteiger partial charge in [0.1, 0.15) is 0 Å². The lowest BCUT2D eigenvalue weighted by Crippen LogP contribution is -2.37. The average Bonchev–Trinajstić information content (AvgIpc) is 2.36. The monoisotopic (exact) mass is 363 g/mol. The van der Waals surface area contributed by atoms with Gasteiger partial charge in [0.15, 0.2) is 0 Å². The fourth-order valence-corrected chi connectivity index (χ4v) is 2.87. The molecule has 0 radical (unpaired) electrons. The third kappa shape index (κ3) is 3.78. The predicted molar refractivity (Wildman–Crippen MR) is 78.1 cm³/mol. The number of alkyl halides is 3. The van der Waals surface area contributed by atoms with E-state index in [-0.39, 0.29) is 15.9 Å². The van der Waals surface area contributed by atoms with Crippen LogP contribution < -0.4 is 0 Å². The van der Waals surface area contributed by atoms with Crippen molar-refractivity contribution in [3.63, 3.8) is 0 Å². The number of hydrogen-bond donors (Lipinski definition) is 0. The van der Waals surface area contributed by atoms with E-state index in [0.717, 1.165) is 18.9 Å². The second kappa shape index (κ2) is 6.38. The predicted octanol–water partition coefficient (Wildman–Crippen LogP) is 4.73. The Labute approximate surface area is 130 Å². The number of carbonyl (C=O) groups excluding carboxylic acids is 1. The second-order valence-electron chi connectivity index (χ2n) is 5.33. The van der Waals surface area contributed by atoms with Crippen LogP contribution >= 0.6 is 15.9 Å². The van der Waals surface area contributed by atoms with Gasteiger partial charge in [0, 0.05) is 23.1 Å². The molecule has 0 N–H and O–H groups in total. The number of amides is 1. The molecule has 2 rings (SSSR count). The molecule has 0 aliphatic heterocycles. The molecule has 0 bridgehead atoms. The molecule has 1 aliphatic rings. The Bertz CT molecular complexity index is 526. The summed E-state index contributed by atoms with van der Waals surface area (Å²) >= 11 is 2.89. The molecule has 0 heterocycles. The Balaban J connectivity index is 2.21. The first-order valence-electron chi connectivity index (χ1n) is 6.99. The number of carbonyl (C=O) groups is 1. The normalized spacial score (nSPS) is 15.7. The van der Waals surface area contributed by atoms with Crippen LogP contribution in [0.2, 0.25) is 0 Å². The molecular weight excluding hydrogens is 347 g/mol. The van der Waals surface area contributed by atoms with Crippen LogP contribution in [0.5, 0.6) is 0 Å². The van der Waals surface area contributed by atoms with E-state index in [1.807, 2.05) is 6.92 Å². The first kappa shape index (κ1) is 16.3. The van der Waals surface area contributed by atoms with E-state index < -0.39 is 11.7 Å². The van der Waals surface area contributed by atoms with Crippen molar-refractivity contribution < 1.29 is 18.0 Å². The summed E-state index contributed by atoms with van der Waals surface area (Å²) in [5, 5.41) is 0. The smallest absolute Gasteiger partial charge is 0.339 e. The van der Waals surface area contributed by atoms with Crippen molar-refractivity contribution in [2.75, 3.05) is 13.1 Å². The molecule has 2 nitrogen and oxygen atoms in total. The molecule has 21 heavy (non-hydrogen) atoms. The highest BCUT2D eigenvalue weighted by Gasteiger charge is 2.34. The summed E-state index contributed by atoms with van der Waals surface area (Å²) < 4.78 is 38.6. The van der Waals surface area contributed by atoms with Crippen molar-refractivity contribution in [3.8, 4) is 0 Å². The zero-order chi connectivity index (χ0) is 15.6. The third-order valence-corrected chi connectivity index (χ3v) is 4.58. The van der Waals surface area contributed by atoms with Crippen molar-refractivity contribution in [3.05, 3.63) is 33.8 Å². The fraction of sp³-hybridized carbons (Fsp3) is 0.533. The number of benzene rings is 1. The Kier molecular flexibility index (Phi) is 4.96. The summed E-state index contributed by atoms with van der Waals surface area (Å²) in [6, 6.07) is 3.65. The van der Waals surface area contributed by atoms with Crippen LogP contribution in [0.4, 0.5) is 13.2 Å². The van der Waals surface area contributed by atoms with E-state index in [2.05, 4.69) is 15.9 Å². The van der Waals surface area contributed by atoms with E-state index >= 15 is 0 Å². The second-order valence-corrected chi connectivity index (χ2v) is 6.19. The first-order chi connectivity index (χ1) is 9.82. The van der Waals surface area contributed by atoms with Gasteiger partial charge < -0.3 is 4.90 Å². The number of halogens is 4. The summed E-state index contributed by atoms with van der Waals surface area (Å²) in [5.74, 6) is 0.161. The molecule has 1 aromatic rings. The lowest BCUT2D eigenvalue weighted by atomic mass is 9.85. The van der Waals surface area contributed by atoms with Gasteiger partial charge in [0.25, 0.3) is 5.91 Å². The molecule has 0 spiro atoms. The average molecular weight is 364 g/mol. The zero-order valence-corrected chi connectivity index (χ0v) is 13.3. The molecule has 0 saturated heterocycles. The Morgan fingerprint density at radius 2 is 2.05 bits per heavy atom. The minimum absolute atomic E-state index is 0.0476. The van der Waals surface area contributed by atoms with Crippen LogP contribution in [-0.4, -0.2) is 23.9 Å². The van der Waals surface area contributed by atoms with Crippen molar-refractivity contribution >= 4 is 21.8 Å². The van der Waals surface area contributed by atoms with Crippen molar-refractivity contribution in [2.45, 2.75) is 32.4 Å². The Morgan fingerprint density at radius 3 is 2.52 bits per heavy atom. The van der Waals surface area contributed by atoms with Gasteiger partial charge >= 0.3 is 6.18 Å². The molecule has 0 unspecified atom stereocenters. The van der Waals surface area contributed by atoms with Gasteiger partial charge in [0.05, 0.1) is 5.56 Å². The van der Waals surface area contributed by atoms with Crippen LogP contribution in [0.25, 0.3) is 0 Å². The molecule has 1 aromatic carbocycles. The largest absolute Gasteiger partial charge is 0.417 e. The summed E-state index contributed by atoms with van der Waals surface area (Å²) in [5.41, 5.74) is -0.722. The van der Waals surface area contributed by atoms with E-state index in [0.29, 0.717) is 19.0 Å². The number of hydrogen-bond acceptors (Lipinski definition) is 1. The molecule has 116 valence electrons. The van der Waals surface area contributed by atoms with Crippen LogP contribution in [-0.2, 0) is 6.18 Å². The standard InChI is InChI=1S/C15H17BrF3NO/c1-2-20(9-10-4-3-5-10)14(21)11-6-7-13(16)12(8-11)15(17,18)19/h6-8,10H,2-5,9H2,1H3. The number of rotatable bonds is 4. The van der Waals surface area contributed by atoms with Gasteiger partial charge in [-0.05, 0) is 43.9 Å². The highest BCUT2D eigenvalue weighted by molar-refractivity contribution is 9.10. The van der Waals surface area contributed by atoms with Crippen molar-refractivity contribution in [1.82, 2.24) is 4.90 Å². The van der Waals surface area contributed by atoms with Gasteiger partial charge in [-0.25, -0.2) is 0 Å². The van der Waals surface area contributed by atoms with E-state index in [9.17, 15) is 18.0 Å². The van der Waals surface area contributed by atoms with Gasteiger partial charge in [-0.1, -0.05) is 22.4 Å². The lowest BCUT2D eigenvalue weighted by molar-refractivity contribution is -0.138. The van der Waals surface area contributed by atoms with Gasteiger partial charge in [-0.3, -0.25) is 4.79 Å². The summed E-state index contributed by atoms with van der Waals surface area (Å²) in [6.07, 6.45) is -1.11. The third-order valence-electron chi connectivity index (χ3n) is 3.89. The van der Waals surface area contributed by atoms with E-state index in [1.165, 1.54) is 18.6 Å². The molecule has 1 fully saturated rings. The highest BCUT2D eigenvalue weighted by Crippen LogP contribution is 2.35. The minimum atomic E-state index is -4.47. The van der Waals surface area contributed by atoms with Crippen LogP contribution in [0, 0.1) is 5.92 Å². The maximum absolute atomic E-state index is 12.9. The van der Waals surface area contributed by atoms with E-state index in [1.54, 1.807) is 4.90 Å². The maximum atomic E-state index is 12.9. The first-order valence-corrected chi connectivity index (χ1v) is 7.78. The topological polar surface area (TPSA) is 20.3 Å². The number of nitrogens with zero attached hydrogens (tertiary/aromatic N) is 1. The summed E-state index contributed by atoms with van der Waals surface area (Å²) in [4.78, 5) is 14.0. The van der Waals surface area contributed by atoms with E-state index in [4.69, 9.17) is 0 Å². The SMILES string of the molecule is CCN(CC1CCC1)C(=O)c1ccc(Br)c(C(F)(F)F)c1. The lowest BCUT2D eigenvalue weighted by Gasteiger charge is -2.32. The van der Waals surface area contributed by atoms with Crippen molar-refractivity contribution in [2.24, 2.45) is 5.92 Å². The molecule has 1 amide bonds. The zero-order valence-electron chi connectivity index (χ0n) is 11.7. The highest BCUT2D eigenvalue weighted by atomic mass is 79.9. The van der Waals surface area contributed by atoms with Crippen LogP contribution in [0.15, 0.2) is 22.7 Å². The van der Waals surface area contributed by atoms with Gasteiger partial charge in [-0.15, -0.1) is 0 Å². The molecule has 6 heteroatoms. The maximum Gasteiger partial charge on any atom is 0.417 e. The molecule has 1 aliphatic carbocycles. The Hall–Kier alpha value is -1.04. The molecule has 0 aromatic heterocycles. The van der Waals surface area contributed by atoms with Crippen molar-refractivity contribution in [1.29, 1.82) is 0 Å². The summed E-state index contributed by atoms with van der Waals surface area (Å²) in [6.45, 7) is 2.99. The Morgan fingerprint density at radius 1 is 1.38 bits per heavy atom. The van der Waals surface area contributed by atoms with Crippen LogP contribution in [0.3, 0.4) is 0 Å². The molecule has 1 saturated carbocycles. The van der Waals surface area contributed by atoms with Gasteiger partial charge in [0.2, 0.25) is 0 Å². The summed E-state index contributed by atoms with van der Waals surface area (Å²) in [7, 11) is 0. The molecular formula is C15H17BrF3NO. The van der Waals surface area contributed by atoms with Crippen LogP contribution in [0.1, 0.15) is 42.1 Å². The fourth-order valence-electron chi connectivity index (χ4n) is 2.40. The van der Waals surface area contributed by atoms with Gasteiger partial charge in [-0.2, -0.15) is 13.2 Å².